The van der Waals surface area contributed by atoms with Crippen molar-refractivity contribution in [1.82, 2.24) is 4.90 Å². The molecule has 4 atom stereocenters. The molecule has 1 saturated heterocycles. The van der Waals surface area contributed by atoms with Crippen molar-refractivity contribution in [1.29, 1.82) is 0 Å². The Bertz CT molecular complexity index is 776. The summed E-state index contributed by atoms with van der Waals surface area (Å²) >= 11 is 1.29. The summed E-state index contributed by atoms with van der Waals surface area (Å²) in [6.07, 6.45) is 0.681. The zero-order valence-corrected chi connectivity index (χ0v) is 16.6. The second kappa shape index (κ2) is 8.32. The quantitative estimate of drug-likeness (QED) is 0.536. The highest BCUT2D eigenvalue weighted by Gasteiger charge is 2.51. The van der Waals surface area contributed by atoms with E-state index in [1.54, 1.807) is 30.5 Å². The maximum absolute atomic E-state index is 12.9. The van der Waals surface area contributed by atoms with Crippen molar-refractivity contribution in [3.05, 3.63) is 35.4 Å². The normalized spacial score (nSPS) is 26.8. The highest BCUT2D eigenvalue weighted by molar-refractivity contribution is 7.99. The Kier molecular flexibility index (Phi) is 6.04. The standard InChI is InChI=1S/C19H21NO7S/c1-10(21)25-9-12-8-15(26-11(2)22)16(19(27-12)28-3)20-17(23)13-6-4-5-7-14(13)18(20)24/h4-7,12,15-16,19H,8-9H2,1-3H3/t12-,15-,16+,19-/m0/s1. The molecule has 1 aromatic rings. The smallest absolute Gasteiger partial charge is 0.302 e. The van der Waals surface area contributed by atoms with Gasteiger partial charge in [0, 0.05) is 20.3 Å². The number of thioether (sulfide) groups is 1. The number of carbonyl (C=O) groups is 4. The molecule has 8 nitrogen and oxygen atoms in total. The molecule has 3 rings (SSSR count). The lowest BCUT2D eigenvalue weighted by atomic mass is 9.99. The van der Waals surface area contributed by atoms with Crippen LogP contribution in [0, 0.1) is 0 Å². The van der Waals surface area contributed by atoms with E-state index in [1.807, 2.05) is 0 Å². The molecule has 0 saturated carbocycles. The van der Waals surface area contributed by atoms with Gasteiger partial charge in [-0.3, -0.25) is 24.1 Å². The van der Waals surface area contributed by atoms with Crippen LogP contribution in [0.2, 0.25) is 0 Å². The topological polar surface area (TPSA) is 99.2 Å². The van der Waals surface area contributed by atoms with Gasteiger partial charge in [-0.05, 0) is 18.4 Å². The molecular formula is C19H21NO7S. The van der Waals surface area contributed by atoms with Crippen LogP contribution in [0.5, 0.6) is 0 Å². The molecule has 0 radical (unpaired) electrons. The number of ether oxygens (including phenoxy) is 3. The number of imide groups is 1. The Hall–Kier alpha value is -2.39. The largest absolute Gasteiger partial charge is 0.463 e. The van der Waals surface area contributed by atoms with Crippen LogP contribution in [-0.4, -0.2) is 65.2 Å². The number of rotatable bonds is 5. The van der Waals surface area contributed by atoms with Gasteiger partial charge < -0.3 is 14.2 Å². The van der Waals surface area contributed by atoms with Gasteiger partial charge in [-0.1, -0.05) is 12.1 Å². The van der Waals surface area contributed by atoms with E-state index in [2.05, 4.69) is 0 Å². The maximum Gasteiger partial charge on any atom is 0.302 e. The fraction of sp³-hybridized carbons (Fsp3) is 0.474. The highest BCUT2D eigenvalue weighted by atomic mass is 32.2. The summed E-state index contributed by atoms with van der Waals surface area (Å²) in [5, 5.41) is 0. The molecule has 2 amide bonds. The summed E-state index contributed by atoms with van der Waals surface area (Å²) in [6, 6.07) is 5.78. The van der Waals surface area contributed by atoms with Crippen LogP contribution in [0.3, 0.4) is 0 Å². The average molecular weight is 407 g/mol. The van der Waals surface area contributed by atoms with Gasteiger partial charge in [-0.2, -0.15) is 0 Å². The van der Waals surface area contributed by atoms with Crippen LogP contribution in [0.25, 0.3) is 0 Å². The third-order valence-corrected chi connectivity index (χ3v) is 5.48. The Morgan fingerprint density at radius 2 is 1.75 bits per heavy atom. The second-order valence-electron chi connectivity index (χ2n) is 6.56. The number of hydrogen-bond acceptors (Lipinski definition) is 8. The highest BCUT2D eigenvalue weighted by Crippen LogP contribution is 2.36. The van der Waals surface area contributed by atoms with Crippen LogP contribution in [0.1, 0.15) is 41.0 Å². The first-order chi connectivity index (χ1) is 13.3. The fourth-order valence-electron chi connectivity index (χ4n) is 3.51. The van der Waals surface area contributed by atoms with E-state index in [4.69, 9.17) is 14.2 Å². The second-order valence-corrected chi connectivity index (χ2v) is 7.50. The molecule has 28 heavy (non-hydrogen) atoms. The van der Waals surface area contributed by atoms with Gasteiger partial charge in [0.05, 0.1) is 17.2 Å². The molecule has 2 aliphatic heterocycles. The third kappa shape index (κ3) is 3.90. The number of esters is 2. The van der Waals surface area contributed by atoms with Crippen molar-refractivity contribution in [2.45, 2.75) is 44.0 Å². The molecule has 0 unspecified atom stereocenters. The lowest BCUT2D eigenvalue weighted by Crippen LogP contribution is -2.59. The van der Waals surface area contributed by atoms with Crippen molar-refractivity contribution in [2.75, 3.05) is 12.9 Å². The van der Waals surface area contributed by atoms with Crippen LogP contribution in [-0.2, 0) is 23.8 Å². The van der Waals surface area contributed by atoms with E-state index in [1.165, 1.54) is 25.6 Å². The molecule has 0 bridgehead atoms. The lowest BCUT2D eigenvalue weighted by Gasteiger charge is -2.43. The molecule has 150 valence electrons. The van der Waals surface area contributed by atoms with Crippen molar-refractivity contribution >= 4 is 35.5 Å². The minimum Gasteiger partial charge on any atom is -0.463 e. The summed E-state index contributed by atoms with van der Waals surface area (Å²) in [5.41, 5.74) is -0.00667. The number of hydrogen-bond donors (Lipinski definition) is 0. The zero-order chi connectivity index (χ0) is 20.4. The van der Waals surface area contributed by atoms with Crippen LogP contribution < -0.4 is 0 Å². The number of fused-ring (bicyclic) bond motifs is 1. The number of nitrogens with zero attached hydrogens (tertiary/aromatic N) is 1. The van der Waals surface area contributed by atoms with Gasteiger partial charge in [-0.25, -0.2) is 0 Å². The van der Waals surface area contributed by atoms with Crippen LogP contribution >= 0.6 is 11.8 Å². The molecule has 2 aliphatic rings. The number of carbonyl (C=O) groups excluding carboxylic acids is 4. The van der Waals surface area contributed by atoms with Gasteiger partial charge in [0.25, 0.3) is 11.8 Å². The SMILES string of the molecule is CS[C@@H]1O[C@H](COC(C)=O)C[C@H](OC(C)=O)[C@H]1N1C(=O)c2ccccc2C1=O. The third-order valence-electron chi connectivity index (χ3n) is 4.63. The summed E-state index contributed by atoms with van der Waals surface area (Å²) in [5.74, 6) is -1.86. The van der Waals surface area contributed by atoms with Crippen molar-refractivity contribution in [3.63, 3.8) is 0 Å². The predicted octanol–water partition coefficient (Wildman–Crippen LogP) is 1.62. The summed E-state index contributed by atoms with van der Waals surface area (Å²) in [4.78, 5) is 49.8. The van der Waals surface area contributed by atoms with E-state index >= 15 is 0 Å². The van der Waals surface area contributed by atoms with Gasteiger partial charge in [0.1, 0.15) is 24.2 Å². The summed E-state index contributed by atoms with van der Waals surface area (Å²) in [7, 11) is 0. The molecule has 0 aliphatic carbocycles. The molecule has 1 fully saturated rings. The summed E-state index contributed by atoms with van der Waals surface area (Å²) in [6.45, 7) is 2.56. The monoisotopic (exact) mass is 407 g/mol. The lowest BCUT2D eigenvalue weighted by molar-refractivity contribution is -0.171. The van der Waals surface area contributed by atoms with E-state index in [0.717, 1.165) is 4.90 Å². The van der Waals surface area contributed by atoms with Crippen LogP contribution in [0.4, 0.5) is 0 Å². The Labute approximate surface area is 166 Å². The van der Waals surface area contributed by atoms with E-state index < -0.39 is 47.4 Å². The van der Waals surface area contributed by atoms with Gasteiger partial charge in [0.15, 0.2) is 0 Å². The molecule has 2 heterocycles. The van der Waals surface area contributed by atoms with Crippen LogP contribution in [0.15, 0.2) is 24.3 Å². The van der Waals surface area contributed by atoms with E-state index in [-0.39, 0.29) is 13.0 Å². The maximum atomic E-state index is 12.9. The number of benzene rings is 1. The Balaban J connectivity index is 1.91. The molecule has 1 aromatic carbocycles. The zero-order valence-electron chi connectivity index (χ0n) is 15.7. The van der Waals surface area contributed by atoms with E-state index in [0.29, 0.717) is 11.1 Å². The van der Waals surface area contributed by atoms with Crippen molar-refractivity contribution in [3.8, 4) is 0 Å². The van der Waals surface area contributed by atoms with Gasteiger partial charge in [-0.15, -0.1) is 11.8 Å². The Morgan fingerprint density at radius 3 is 2.25 bits per heavy atom. The first-order valence-electron chi connectivity index (χ1n) is 8.79. The number of amides is 2. The molecule has 0 N–H and O–H groups in total. The first-order valence-corrected chi connectivity index (χ1v) is 10.1. The molecular weight excluding hydrogens is 386 g/mol. The molecule has 0 aromatic heterocycles. The van der Waals surface area contributed by atoms with E-state index in [9.17, 15) is 19.2 Å². The fourth-order valence-corrected chi connectivity index (χ4v) is 4.35. The van der Waals surface area contributed by atoms with Gasteiger partial charge in [0.2, 0.25) is 0 Å². The average Bonchev–Trinajstić information content (AvgIpc) is 2.90. The first kappa shape index (κ1) is 20.3. The van der Waals surface area contributed by atoms with Gasteiger partial charge >= 0.3 is 11.9 Å². The summed E-state index contributed by atoms with van der Waals surface area (Å²) < 4.78 is 16.4. The minimum atomic E-state index is -0.792. The van der Waals surface area contributed by atoms with Crippen molar-refractivity contribution < 1.29 is 33.4 Å². The molecule has 9 heteroatoms. The van der Waals surface area contributed by atoms with Crippen molar-refractivity contribution in [2.24, 2.45) is 0 Å². The predicted molar refractivity (Wildman–Crippen MR) is 99.7 cm³/mol. The molecule has 0 spiro atoms. The Morgan fingerprint density at radius 1 is 1.14 bits per heavy atom. The minimum absolute atomic E-state index is 0.000996.